The van der Waals surface area contributed by atoms with Gasteiger partial charge in [0.2, 0.25) is 0 Å². The van der Waals surface area contributed by atoms with Gasteiger partial charge in [-0.05, 0) is 32.1 Å². The number of hydrogen-bond acceptors (Lipinski definition) is 3. The monoisotopic (exact) mass is 213 g/mol. The second-order valence-corrected chi connectivity index (χ2v) is 4.75. The summed E-state index contributed by atoms with van der Waals surface area (Å²) in [4.78, 5) is 10.8. The highest BCUT2D eigenvalue weighted by Crippen LogP contribution is 2.35. The highest BCUT2D eigenvalue weighted by Gasteiger charge is 2.41. The maximum absolute atomic E-state index is 10.8. The average Bonchev–Trinajstić information content (AvgIpc) is 2.06. The summed E-state index contributed by atoms with van der Waals surface area (Å²) >= 11 is 0. The van der Waals surface area contributed by atoms with Gasteiger partial charge in [0.05, 0.1) is 11.5 Å². The number of rotatable bonds is 5. The molecule has 4 nitrogen and oxygen atoms in total. The van der Waals surface area contributed by atoms with E-state index in [1.54, 1.807) is 7.11 Å². The van der Waals surface area contributed by atoms with Crippen LogP contribution in [-0.4, -0.2) is 36.4 Å². The van der Waals surface area contributed by atoms with Crippen molar-refractivity contribution in [2.45, 2.75) is 43.7 Å². The van der Waals surface area contributed by atoms with Crippen LogP contribution in [0.4, 0.5) is 0 Å². The summed E-state index contributed by atoms with van der Waals surface area (Å²) in [5.74, 6) is -0.849. The Bertz CT molecular complexity index is 245. The number of methoxy groups -OCH3 is 1. The maximum Gasteiger partial charge on any atom is 0.308 e. The van der Waals surface area contributed by atoms with E-state index in [4.69, 9.17) is 9.84 Å². The van der Waals surface area contributed by atoms with E-state index in [1.807, 2.05) is 0 Å². The molecule has 0 bridgehead atoms. The van der Waals surface area contributed by atoms with Crippen LogP contribution in [0, 0.1) is 5.92 Å². The zero-order chi connectivity index (χ0) is 10.9. The van der Waals surface area contributed by atoms with Gasteiger partial charge in [-0.1, -0.05) is 0 Å². The molecule has 0 radical (unpaired) electrons. The Morgan fingerprint density at radius 1 is 1.53 bits per heavy atom. The number of hydrogen-bond donors (Lipinski definition) is 2. The molecular formula is C11H19NO3. The van der Waals surface area contributed by atoms with E-state index in [0.717, 1.165) is 32.2 Å². The van der Waals surface area contributed by atoms with Crippen LogP contribution in [0.1, 0.15) is 32.1 Å². The molecule has 2 atom stereocenters. The van der Waals surface area contributed by atoms with Crippen LogP contribution < -0.4 is 5.32 Å². The summed E-state index contributed by atoms with van der Waals surface area (Å²) < 4.78 is 5.48. The smallest absolute Gasteiger partial charge is 0.308 e. The number of carboxylic acid groups (broad SMARTS) is 1. The zero-order valence-electron chi connectivity index (χ0n) is 9.16. The molecule has 2 N–H and O–H groups in total. The molecule has 0 saturated heterocycles. The highest BCUT2D eigenvalue weighted by atomic mass is 16.5. The number of nitrogens with one attached hydrogen (secondary N) is 1. The molecule has 0 aromatic heterocycles. The third-order valence-electron chi connectivity index (χ3n) is 3.98. The number of aliphatic carboxylic acids is 1. The van der Waals surface area contributed by atoms with Gasteiger partial charge in [-0.15, -0.1) is 0 Å². The third kappa shape index (κ3) is 2.01. The zero-order valence-corrected chi connectivity index (χ0v) is 9.16. The van der Waals surface area contributed by atoms with Crippen LogP contribution in [0.3, 0.4) is 0 Å². The molecule has 0 spiro atoms. The van der Waals surface area contributed by atoms with E-state index >= 15 is 0 Å². The van der Waals surface area contributed by atoms with Crippen molar-refractivity contribution >= 4 is 5.97 Å². The lowest BCUT2D eigenvalue weighted by Gasteiger charge is -2.43. The predicted molar refractivity (Wildman–Crippen MR) is 55.7 cm³/mol. The standard InChI is InChI=1S/C11H19NO3/c1-15-11(5-2-6-11)7-12-9-4-3-8(9)10(13)14/h8-9,12H,2-7H2,1H3,(H,13,14). The van der Waals surface area contributed by atoms with Crippen molar-refractivity contribution in [3.63, 3.8) is 0 Å². The quantitative estimate of drug-likeness (QED) is 0.715. The van der Waals surface area contributed by atoms with Crippen molar-refractivity contribution in [1.29, 1.82) is 0 Å². The normalized spacial score (nSPS) is 32.9. The van der Waals surface area contributed by atoms with Gasteiger partial charge in [-0.3, -0.25) is 4.79 Å². The molecule has 0 aliphatic heterocycles. The van der Waals surface area contributed by atoms with Crippen LogP contribution in [0.25, 0.3) is 0 Å². The van der Waals surface area contributed by atoms with Gasteiger partial charge in [-0.25, -0.2) is 0 Å². The molecule has 15 heavy (non-hydrogen) atoms. The largest absolute Gasteiger partial charge is 0.481 e. The van der Waals surface area contributed by atoms with Gasteiger partial charge >= 0.3 is 5.97 Å². The fourth-order valence-corrected chi connectivity index (χ4v) is 2.38. The Morgan fingerprint density at radius 2 is 2.27 bits per heavy atom. The van der Waals surface area contributed by atoms with Crippen molar-refractivity contribution in [3.8, 4) is 0 Å². The summed E-state index contributed by atoms with van der Waals surface area (Å²) in [5, 5.41) is 12.2. The fraction of sp³-hybridized carbons (Fsp3) is 0.909. The van der Waals surface area contributed by atoms with E-state index in [2.05, 4.69) is 5.32 Å². The minimum atomic E-state index is -0.668. The molecular weight excluding hydrogens is 194 g/mol. The average molecular weight is 213 g/mol. The molecule has 0 heterocycles. The Balaban J connectivity index is 1.76. The van der Waals surface area contributed by atoms with Crippen molar-refractivity contribution in [3.05, 3.63) is 0 Å². The lowest BCUT2D eigenvalue weighted by atomic mass is 9.76. The number of ether oxygens (including phenoxy) is 1. The van der Waals surface area contributed by atoms with E-state index in [0.29, 0.717) is 0 Å². The predicted octanol–water partition coefficient (Wildman–Crippen LogP) is 1.01. The molecule has 0 amide bonds. The molecule has 2 saturated carbocycles. The summed E-state index contributed by atoms with van der Waals surface area (Å²) in [6.45, 7) is 0.804. The molecule has 2 unspecified atom stereocenters. The Labute approximate surface area is 90.0 Å². The molecule has 86 valence electrons. The minimum absolute atomic E-state index is 0.00135. The minimum Gasteiger partial charge on any atom is -0.481 e. The van der Waals surface area contributed by atoms with Gasteiger partial charge in [-0.2, -0.15) is 0 Å². The van der Waals surface area contributed by atoms with E-state index < -0.39 is 5.97 Å². The molecule has 0 aromatic rings. The summed E-state index contributed by atoms with van der Waals surface area (Å²) in [6.07, 6.45) is 5.22. The first kappa shape index (κ1) is 10.9. The SMILES string of the molecule is COC1(CNC2CCC2C(=O)O)CCC1. The molecule has 2 fully saturated rings. The van der Waals surface area contributed by atoms with Crippen LogP contribution in [0.5, 0.6) is 0 Å². The topological polar surface area (TPSA) is 58.6 Å². The second kappa shape index (κ2) is 4.10. The second-order valence-electron chi connectivity index (χ2n) is 4.75. The molecule has 2 rings (SSSR count). The fourth-order valence-electron chi connectivity index (χ4n) is 2.38. The van der Waals surface area contributed by atoms with Gasteiger partial charge in [0, 0.05) is 19.7 Å². The number of carbonyl (C=O) groups is 1. The van der Waals surface area contributed by atoms with E-state index in [1.165, 1.54) is 6.42 Å². The summed E-state index contributed by atoms with van der Waals surface area (Å²) in [5.41, 5.74) is -0.00135. The van der Waals surface area contributed by atoms with Crippen molar-refractivity contribution in [2.24, 2.45) is 5.92 Å². The van der Waals surface area contributed by atoms with Crippen LogP contribution in [0.2, 0.25) is 0 Å². The summed E-state index contributed by atoms with van der Waals surface area (Å²) in [6, 6.07) is 0.162. The van der Waals surface area contributed by atoms with Crippen molar-refractivity contribution in [2.75, 3.05) is 13.7 Å². The van der Waals surface area contributed by atoms with E-state index in [9.17, 15) is 4.79 Å². The Hall–Kier alpha value is -0.610. The van der Waals surface area contributed by atoms with Gasteiger partial charge < -0.3 is 15.2 Å². The Morgan fingerprint density at radius 3 is 2.60 bits per heavy atom. The van der Waals surface area contributed by atoms with Gasteiger partial charge in [0.1, 0.15) is 0 Å². The molecule has 0 aromatic carbocycles. The lowest BCUT2D eigenvalue weighted by Crippen LogP contribution is -2.55. The van der Waals surface area contributed by atoms with Crippen LogP contribution in [-0.2, 0) is 9.53 Å². The first-order valence-electron chi connectivity index (χ1n) is 5.68. The van der Waals surface area contributed by atoms with Gasteiger partial charge in [0.25, 0.3) is 0 Å². The van der Waals surface area contributed by atoms with Crippen LogP contribution in [0.15, 0.2) is 0 Å². The number of carboxylic acids is 1. The molecule has 4 heteroatoms. The van der Waals surface area contributed by atoms with Crippen molar-refractivity contribution in [1.82, 2.24) is 5.32 Å². The lowest BCUT2D eigenvalue weighted by molar-refractivity contribution is -0.146. The first-order valence-corrected chi connectivity index (χ1v) is 5.68. The van der Waals surface area contributed by atoms with Gasteiger partial charge in [0.15, 0.2) is 0 Å². The summed E-state index contributed by atoms with van der Waals surface area (Å²) in [7, 11) is 1.75. The van der Waals surface area contributed by atoms with Crippen molar-refractivity contribution < 1.29 is 14.6 Å². The van der Waals surface area contributed by atoms with E-state index in [-0.39, 0.29) is 17.6 Å². The molecule has 2 aliphatic rings. The maximum atomic E-state index is 10.8. The molecule has 2 aliphatic carbocycles. The Kier molecular flexibility index (Phi) is 2.98. The third-order valence-corrected chi connectivity index (χ3v) is 3.98. The van der Waals surface area contributed by atoms with Crippen LogP contribution >= 0.6 is 0 Å². The first-order chi connectivity index (χ1) is 7.17. The highest BCUT2D eigenvalue weighted by molar-refractivity contribution is 5.72.